The van der Waals surface area contributed by atoms with Crippen molar-refractivity contribution in [1.29, 1.82) is 0 Å². The summed E-state index contributed by atoms with van der Waals surface area (Å²) < 4.78 is 0. The van der Waals surface area contributed by atoms with Gasteiger partial charge in [0.25, 0.3) is 0 Å². The standard InChI is InChI=1S/C10H22N2/c1-8(2)10(12(3)4)9-6-5-7-11-9/h8-11H,5-7H2,1-4H3. The minimum atomic E-state index is 0.701. The Hall–Kier alpha value is -0.0800. The van der Waals surface area contributed by atoms with E-state index in [1.54, 1.807) is 0 Å². The molecule has 0 aromatic carbocycles. The third kappa shape index (κ3) is 2.20. The van der Waals surface area contributed by atoms with Gasteiger partial charge in [-0.1, -0.05) is 13.8 Å². The topological polar surface area (TPSA) is 15.3 Å². The van der Waals surface area contributed by atoms with Crippen molar-refractivity contribution in [3.05, 3.63) is 0 Å². The van der Waals surface area contributed by atoms with Gasteiger partial charge >= 0.3 is 0 Å². The second-order valence-corrected chi connectivity index (χ2v) is 4.40. The summed E-state index contributed by atoms with van der Waals surface area (Å²) in [6.07, 6.45) is 2.70. The van der Waals surface area contributed by atoms with E-state index in [2.05, 4.69) is 38.2 Å². The summed E-state index contributed by atoms with van der Waals surface area (Å²) in [5, 5.41) is 3.58. The molecule has 12 heavy (non-hydrogen) atoms. The summed E-state index contributed by atoms with van der Waals surface area (Å²) >= 11 is 0. The molecule has 0 amide bonds. The van der Waals surface area contributed by atoms with Crippen molar-refractivity contribution in [2.24, 2.45) is 5.92 Å². The van der Waals surface area contributed by atoms with Gasteiger partial charge in [0, 0.05) is 12.1 Å². The van der Waals surface area contributed by atoms with Crippen LogP contribution in [0.1, 0.15) is 26.7 Å². The van der Waals surface area contributed by atoms with E-state index in [0.717, 1.165) is 12.0 Å². The van der Waals surface area contributed by atoms with Gasteiger partial charge in [0.15, 0.2) is 0 Å². The molecule has 0 aromatic rings. The van der Waals surface area contributed by atoms with E-state index in [-0.39, 0.29) is 0 Å². The lowest BCUT2D eigenvalue weighted by Gasteiger charge is -2.33. The molecule has 2 atom stereocenters. The third-order valence-corrected chi connectivity index (χ3v) is 2.79. The second-order valence-electron chi connectivity index (χ2n) is 4.40. The lowest BCUT2D eigenvalue weighted by molar-refractivity contribution is 0.186. The molecule has 1 aliphatic rings. The SMILES string of the molecule is CC(C)C(C1CCCN1)N(C)C. The van der Waals surface area contributed by atoms with Crippen LogP contribution in [0.15, 0.2) is 0 Å². The summed E-state index contributed by atoms with van der Waals surface area (Å²) in [6, 6.07) is 1.42. The average Bonchev–Trinajstić information content (AvgIpc) is 2.37. The first-order valence-electron chi connectivity index (χ1n) is 5.02. The normalized spacial score (nSPS) is 27.0. The summed E-state index contributed by atoms with van der Waals surface area (Å²) in [6.45, 7) is 5.83. The Kier molecular flexibility index (Phi) is 3.53. The predicted octanol–water partition coefficient (Wildman–Crippen LogP) is 1.32. The Labute approximate surface area is 76.3 Å². The maximum atomic E-state index is 3.58. The van der Waals surface area contributed by atoms with Crippen LogP contribution >= 0.6 is 0 Å². The molecular weight excluding hydrogens is 148 g/mol. The molecule has 2 nitrogen and oxygen atoms in total. The highest BCUT2D eigenvalue weighted by molar-refractivity contribution is 4.88. The van der Waals surface area contributed by atoms with Crippen LogP contribution < -0.4 is 5.32 Å². The first-order chi connectivity index (χ1) is 5.63. The molecule has 2 heteroatoms. The summed E-state index contributed by atoms with van der Waals surface area (Å²) in [7, 11) is 4.37. The fraction of sp³-hybridized carbons (Fsp3) is 1.00. The smallest absolute Gasteiger partial charge is 0.0266 e. The molecule has 0 aromatic heterocycles. The van der Waals surface area contributed by atoms with Crippen LogP contribution in [0.25, 0.3) is 0 Å². The Balaban J connectivity index is 2.52. The van der Waals surface area contributed by atoms with Crippen molar-refractivity contribution >= 4 is 0 Å². The van der Waals surface area contributed by atoms with Gasteiger partial charge in [-0.15, -0.1) is 0 Å². The minimum Gasteiger partial charge on any atom is -0.312 e. The van der Waals surface area contributed by atoms with E-state index in [4.69, 9.17) is 0 Å². The zero-order valence-electron chi connectivity index (χ0n) is 8.80. The van der Waals surface area contributed by atoms with Crippen LogP contribution in [-0.2, 0) is 0 Å². The molecule has 0 radical (unpaired) electrons. The average molecular weight is 170 g/mol. The number of hydrogen-bond acceptors (Lipinski definition) is 2. The minimum absolute atomic E-state index is 0.701. The zero-order valence-corrected chi connectivity index (χ0v) is 8.80. The highest BCUT2D eigenvalue weighted by Crippen LogP contribution is 2.18. The van der Waals surface area contributed by atoms with Crippen LogP contribution in [0.2, 0.25) is 0 Å². The summed E-state index contributed by atoms with van der Waals surface area (Å²) in [5.74, 6) is 0.746. The van der Waals surface area contributed by atoms with E-state index < -0.39 is 0 Å². The predicted molar refractivity (Wildman–Crippen MR) is 53.3 cm³/mol. The van der Waals surface area contributed by atoms with Crippen LogP contribution in [0.5, 0.6) is 0 Å². The van der Waals surface area contributed by atoms with E-state index in [9.17, 15) is 0 Å². The lowest BCUT2D eigenvalue weighted by Crippen LogP contribution is -2.47. The molecule has 1 heterocycles. The van der Waals surface area contributed by atoms with Gasteiger partial charge in [-0.2, -0.15) is 0 Å². The zero-order chi connectivity index (χ0) is 9.14. The molecule has 0 spiro atoms. The third-order valence-electron chi connectivity index (χ3n) is 2.79. The molecule has 2 unspecified atom stereocenters. The van der Waals surface area contributed by atoms with Gasteiger partial charge in [0.1, 0.15) is 0 Å². The van der Waals surface area contributed by atoms with Gasteiger partial charge in [0.2, 0.25) is 0 Å². The van der Waals surface area contributed by atoms with Crippen LogP contribution in [-0.4, -0.2) is 37.6 Å². The monoisotopic (exact) mass is 170 g/mol. The number of hydrogen-bond donors (Lipinski definition) is 1. The van der Waals surface area contributed by atoms with Gasteiger partial charge < -0.3 is 10.2 Å². The van der Waals surface area contributed by atoms with Gasteiger partial charge in [-0.05, 0) is 39.4 Å². The van der Waals surface area contributed by atoms with Gasteiger partial charge in [-0.25, -0.2) is 0 Å². The van der Waals surface area contributed by atoms with E-state index >= 15 is 0 Å². The van der Waals surface area contributed by atoms with Crippen LogP contribution in [0, 0.1) is 5.92 Å². The van der Waals surface area contributed by atoms with Gasteiger partial charge in [-0.3, -0.25) is 0 Å². The number of rotatable bonds is 3. The highest BCUT2D eigenvalue weighted by atomic mass is 15.1. The van der Waals surface area contributed by atoms with E-state index in [0.29, 0.717) is 6.04 Å². The fourth-order valence-corrected chi connectivity index (χ4v) is 2.42. The Morgan fingerprint density at radius 3 is 2.33 bits per heavy atom. The van der Waals surface area contributed by atoms with Crippen molar-refractivity contribution < 1.29 is 0 Å². The molecule has 0 bridgehead atoms. The lowest BCUT2D eigenvalue weighted by atomic mass is 9.94. The summed E-state index contributed by atoms with van der Waals surface area (Å²) in [4.78, 5) is 2.35. The van der Waals surface area contributed by atoms with Crippen molar-refractivity contribution in [3.8, 4) is 0 Å². The molecule has 1 N–H and O–H groups in total. The van der Waals surface area contributed by atoms with E-state index in [1.165, 1.54) is 19.4 Å². The molecule has 72 valence electrons. The first kappa shape index (κ1) is 10.0. The van der Waals surface area contributed by atoms with Crippen LogP contribution in [0.3, 0.4) is 0 Å². The molecular formula is C10H22N2. The Morgan fingerprint density at radius 2 is 2.00 bits per heavy atom. The largest absolute Gasteiger partial charge is 0.312 e. The van der Waals surface area contributed by atoms with Gasteiger partial charge in [0.05, 0.1) is 0 Å². The van der Waals surface area contributed by atoms with Crippen molar-refractivity contribution in [2.75, 3.05) is 20.6 Å². The van der Waals surface area contributed by atoms with Crippen molar-refractivity contribution in [3.63, 3.8) is 0 Å². The Morgan fingerprint density at radius 1 is 1.33 bits per heavy atom. The maximum absolute atomic E-state index is 3.58. The quantitative estimate of drug-likeness (QED) is 0.687. The maximum Gasteiger partial charge on any atom is 0.0266 e. The summed E-state index contributed by atoms with van der Waals surface area (Å²) in [5.41, 5.74) is 0. The second kappa shape index (κ2) is 4.24. The number of nitrogens with one attached hydrogen (secondary N) is 1. The van der Waals surface area contributed by atoms with E-state index in [1.807, 2.05) is 0 Å². The molecule has 0 saturated carbocycles. The molecule has 1 aliphatic heterocycles. The number of likely N-dealkylation sites (N-methyl/N-ethyl adjacent to an activating group) is 1. The molecule has 1 saturated heterocycles. The van der Waals surface area contributed by atoms with Crippen LogP contribution in [0.4, 0.5) is 0 Å². The fourth-order valence-electron chi connectivity index (χ4n) is 2.42. The van der Waals surface area contributed by atoms with Crippen molar-refractivity contribution in [1.82, 2.24) is 10.2 Å². The first-order valence-corrected chi connectivity index (χ1v) is 5.02. The molecule has 1 fully saturated rings. The number of nitrogens with zero attached hydrogens (tertiary/aromatic N) is 1. The van der Waals surface area contributed by atoms with Crippen molar-refractivity contribution in [2.45, 2.75) is 38.8 Å². The molecule has 1 rings (SSSR count). The molecule has 0 aliphatic carbocycles. The highest BCUT2D eigenvalue weighted by Gasteiger charge is 2.28. The Bertz CT molecular complexity index is 118.